The van der Waals surface area contributed by atoms with Crippen LogP contribution in [0.2, 0.25) is 5.02 Å². The van der Waals surface area contributed by atoms with E-state index < -0.39 is 5.97 Å². The van der Waals surface area contributed by atoms with Gasteiger partial charge in [-0.3, -0.25) is 4.79 Å². The molecule has 0 aromatic heterocycles. The number of rotatable bonds is 8. The number of hydrogen-bond donors (Lipinski definition) is 3. The molecule has 0 saturated heterocycles. The quantitative estimate of drug-likeness (QED) is 0.592. The highest BCUT2D eigenvalue weighted by molar-refractivity contribution is 9.10. The third-order valence-corrected chi connectivity index (χ3v) is 3.59. The molecule has 116 valence electrons. The number of carboxylic acid groups (broad SMARTS) is 1. The zero-order valence-electron chi connectivity index (χ0n) is 11.5. The second-order valence-electron chi connectivity index (χ2n) is 4.56. The van der Waals surface area contributed by atoms with Gasteiger partial charge in [-0.25, -0.2) is 4.79 Å². The van der Waals surface area contributed by atoms with E-state index in [1.807, 2.05) is 0 Å². The molecule has 1 aromatic rings. The Morgan fingerprint density at radius 2 is 1.90 bits per heavy atom. The highest BCUT2D eigenvalue weighted by atomic mass is 79.9. The van der Waals surface area contributed by atoms with Crippen molar-refractivity contribution in [1.29, 1.82) is 0 Å². The lowest BCUT2D eigenvalue weighted by atomic mass is 10.1. The Balaban J connectivity index is 2.15. The Morgan fingerprint density at radius 3 is 2.57 bits per heavy atom. The van der Waals surface area contributed by atoms with Gasteiger partial charge < -0.3 is 15.7 Å². The maximum absolute atomic E-state index is 11.7. The van der Waals surface area contributed by atoms with Crippen LogP contribution in [0, 0.1) is 0 Å². The third-order valence-electron chi connectivity index (χ3n) is 2.78. The minimum atomic E-state index is -0.765. The first-order chi connectivity index (χ1) is 9.99. The monoisotopic (exact) mass is 376 g/mol. The lowest BCUT2D eigenvalue weighted by Gasteiger charge is -2.09. The van der Waals surface area contributed by atoms with Gasteiger partial charge in [0, 0.05) is 17.4 Å². The second kappa shape index (κ2) is 9.63. The molecule has 0 bridgehead atoms. The summed E-state index contributed by atoms with van der Waals surface area (Å²) in [5.74, 6) is -0.765. The van der Waals surface area contributed by atoms with Crippen LogP contribution < -0.4 is 10.6 Å². The van der Waals surface area contributed by atoms with Gasteiger partial charge in [0.05, 0.1) is 10.7 Å². The van der Waals surface area contributed by atoms with Gasteiger partial charge in [0.25, 0.3) is 0 Å². The van der Waals surface area contributed by atoms with Crippen molar-refractivity contribution in [2.45, 2.75) is 32.1 Å². The number of urea groups is 1. The molecule has 0 aliphatic rings. The molecule has 1 aromatic carbocycles. The van der Waals surface area contributed by atoms with Gasteiger partial charge >= 0.3 is 12.0 Å². The van der Waals surface area contributed by atoms with Gasteiger partial charge in [0.15, 0.2) is 0 Å². The predicted molar refractivity (Wildman–Crippen MR) is 86.9 cm³/mol. The number of anilines is 1. The number of nitrogens with one attached hydrogen (secondary N) is 2. The Labute approximate surface area is 137 Å². The van der Waals surface area contributed by atoms with Crippen LogP contribution in [-0.2, 0) is 4.79 Å². The number of benzene rings is 1. The predicted octanol–water partition coefficient (Wildman–Crippen LogP) is 4.26. The lowest BCUT2D eigenvalue weighted by molar-refractivity contribution is -0.137. The van der Waals surface area contributed by atoms with Crippen molar-refractivity contribution < 1.29 is 14.7 Å². The molecule has 2 amide bonds. The molecular formula is C14H18BrClN2O3. The van der Waals surface area contributed by atoms with E-state index in [1.54, 1.807) is 18.2 Å². The van der Waals surface area contributed by atoms with Crippen LogP contribution in [0.1, 0.15) is 32.1 Å². The van der Waals surface area contributed by atoms with Crippen molar-refractivity contribution in [2.75, 3.05) is 11.9 Å². The van der Waals surface area contributed by atoms with E-state index in [0.717, 1.165) is 23.7 Å². The third kappa shape index (κ3) is 7.92. The number of carboxylic acids is 1. The van der Waals surface area contributed by atoms with Gasteiger partial charge in [0.1, 0.15) is 0 Å². The zero-order chi connectivity index (χ0) is 15.7. The lowest BCUT2D eigenvalue weighted by Crippen LogP contribution is -2.29. The van der Waals surface area contributed by atoms with Crippen LogP contribution in [0.5, 0.6) is 0 Å². The topological polar surface area (TPSA) is 78.4 Å². The van der Waals surface area contributed by atoms with Crippen LogP contribution >= 0.6 is 27.5 Å². The van der Waals surface area contributed by atoms with Crippen molar-refractivity contribution in [3.63, 3.8) is 0 Å². The number of unbranched alkanes of at least 4 members (excludes halogenated alkanes) is 3. The minimum absolute atomic E-state index is 0.204. The molecule has 0 spiro atoms. The first-order valence-corrected chi connectivity index (χ1v) is 7.88. The fraction of sp³-hybridized carbons (Fsp3) is 0.429. The fourth-order valence-electron chi connectivity index (χ4n) is 1.71. The Bertz CT molecular complexity index is 497. The van der Waals surface area contributed by atoms with Gasteiger partial charge in [0.2, 0.25) is 0 Å². The van der Waals surface area contributed by atoms with Crippen LogP contribution in [0.3, 0.4) is 0 Å². The number of halogens is 2. The maximum atomic E-state index is 11.7. The number of hydrogen-bond acceptors (Lipinski definition) is 2. The molecule has 0 unspecified atom stereocenters. The first-order valence-electron chi connectivity index (χ1n) is 6.70. The van der Waals surface area contributed by atoms with E-state index in [-0.39, 0.29) is 12.5 Å². The summed E-state index contributed by atoms with van der Waals surface area (Å²) < 4.78 is 0.847. The van der Waals surface area contributed by atoms with Gasteiger partial charge in [-0.15, -0.1) is 0 Å². The Morgan fingerprint density at radius 1 is 1.19 bits per heavy atom. The number of amides is 2. The Hall–Kier alpha value is -1.27. The fourth-order valence-corrected chi connectivity index (χ4v) is 2.43. The molecule has 0 atom stereocenters. The summed E-state index contributed by atoms with van der Waals surface area (Å²) in [5, 5.41) is 14.4. The molecule has 0 saturated carbocycles. The summed E-state index contributed by atoms with van der Waals surface area (Å²) >= 11 is 9.29. The van der Waals surface area contributed by atoms with Crippen LogP contribution in [0.15, 0.2) is 22.7 Å². The standard InChI is InChI=1S/C14H18BrClN2O3/c15-10-6-7-12(11(16)9-10)18-14(21)17-8-4-2-1-3-5-13(19)20/h6-7,9H,1-5,8H2,(H,19,20)(H2,17,18,21). The normalized spacial score (nSPS) is 10.2. The van der Waals surface area contributed by atoms with Gasteiger partial charge in [-0.2, -0.15) is 0 Å². The van der Waals surface area contributed by atoms with Crippen LogP contribution in [0.25, 0.3) is 0 Å². The molecule has 0 aliphatic carbocycles. The molecule has 21 heavy (non-hydrogen) atoms. The van der Waals surface area contributed by atoms with Crippen molar-refractivity contribution in [3.05, 3.63) is 27.7 Å². The van der Waals surface area contributed by atoms with E-state index >= 15 is 0 Å². The number of carbonyl (C=O) groups is 2. The van der Waals surface area contributed by atoms with E-state index in [2.05, 4.69) is 26.6 Å². The SMILES string of the molecule is O=C(O)CCCCCCNC(=O)Nc1ccc(Br)cc1Cl. The molecule has 1 rings (SSSR count). The van der Waals surface area contributed by atoms with Crippen LogP contribution in [0.4, 0.5) is 10.5 Å². The van der Waals surface area contributed by atoms with E-state index in [1.165, 1.54) is 0 Å². The smallest absolute Gasteiger partial charge is 0.319 e. The average Bonchev–Trinajstić information content (AvgIpc) is 2.40. The Kier molecular flexibility index (Phi) is 8.15. The summed E-state index contributed by atoms with van der Waals surface area (Å²) in [6.45, 7) is 0.549. The summed E-state index contributed by atoms with van der Waals surface area (Å²) in [4.78, 5) is 22.0. The highest BCUT2D eigenvalue weighted by Crippen LogP contribution is 2.25. The summed E-state index contributed by atoms with van der Waals surface area (Å²) in [6, 6.07) is 4.92. The molecule has 5 nitrogen and oxygen atoms in total. The van der Waals surface area contributed by atoms with Crippen molar-refractivity contribution >= 4 is 45.2 Å². The number of carbonyl (C=O) groups excluding carboxylic acids is 1. The summed E-state index contributed by atoms with van der Waals surface area (Å²) in [7, 11) is 0. The molecule has 0 fully saturated rings. The summed E-state index contributed by atoms with van der Waals surface area (Å²) in [6.07, 6.45) is 3.45. The molecule has 3 N–H and O–H groups in total. The molecule has 0 radical (unpaired) electrons. The zero-order valence-corrected chi connectivity index (χ0v) is 13.8. The second-order valence-corrected chi connectivity index (χ2v) is 5.89. The van der Waals surface area contributed by atoms with Gasteiger partial charge in [-0.05, 0) is 31.0 Å². The van der Waals surface area contributed by atoms with Gasteiger partial charge in [-0.1, -0.05) is 40.4 Å². The molecular weight excluding hydrogens is 360 g/mol. The first kappa shape index (κ1) is 17.8. The maximum Gasteiger partial charge on any atom is 0.319 e. The largest absolute Gasteiger partial charge is 0.481 e. The van der Waals surface area contributed by atoms with Crippen molar-refractivity contribution in [2.24, 2.45) is 0 Å². The van der Waals surface area contributed by atoms with Crippen molar-refractivity contribution in [1.82, 2.24) is 5.32 Å². The minimum Gasteiger partial charge on any atom is -0.481 e. The number of aliphatic carboxylic acids is 1. The van der Waals surface area contributed by atoms with E-state index in [0.29, 0.717) is 23.7 Å². The molecule has 0 heterocycles. The van der Waals surface area contributed by atoms with E-state index in [9.17, 15) is 9.59 Å². The average molecular weight is 378 g/mol. The van der Waals surface area contributed by atoms with Crippen molar-refractivity contribution in [3.8, 4) is 0 Å². The molecule has 0 aliphatic heterocycles. The highest BCUT2D eigenvalue weighted by Gasteiger charge is 2.05. The summed E-state index contributed by atoms with van der Waals surface area (Å²) in [5.41, 5.74) is 0.554. The van der Waals surface area contributed by atoms with E-state index in [4.69, 9.17) is 16.7 Å². The molecule has 7 heteroatoms. The van der Waals surface area contributed by atoms with Crippen LogP contribution in [-0.4, -0.2) is 23.7 Å².